The second-order valence-electron chi connectivity index (χ2n) is 4.96. The van der Waals surface area contributed by atoms with Crippen molar-refractivity contribution in [3.63, 3.8) is 0 Å². The molecule has 3 rings (SSSR count). The lowest BCUT2D eigenvalue weighted by Crippen LogP contribution is -2.09. The van der Waals surface area contributed by atoms with Crippen LogP contribution in [-0.4, -0.2) is 23.1 Å². The zero-order valence-electron chi connectivity index (χ0n) is 12.2. The van der Waals surface area contributed by atoms with Crippen LogP contribution in [0.2, 0.25) is 0 Å². The summed E-state index contributed by atoms with van der Waals surface area (Å²) in [5.41, 5.74) is 0.727. The molecule has 2 aromatic carbocycles. The van der Waals surface area contributed by atoms with Crippen LogP contribution in [0.15, 0.2) is 55.0 Å². The Hall–Kier alpha value is -2.76. The van der Waals surface area contributed by atoms with Gasteiger partial charge in [0.25, 0.3) is 0 Å². The fourth-order valence-corrected chi connectivity index (χ4v) is 2.39. The van der Waals surface area contributed by atoms with Crippen molar-refractivity contribution >= 4 is 16.6 Å². The van der Waals surface area contributed by atoms with Crippen LogP contribution < -0.4 is 10.1 Å². The zero-order valence-corrected chi connectivity index (χ0v) is 12.2. The number of anilines is 1. The van der Waals surface area contributed by atoms with Crippen LogP contribution >= 0.6 is 0 Å². The van der Waals surface area contributed by atoms with Gasteiger partial charge < -0.3 is 10.1 Å². The molecule has 0 unspecified atom stereocenters. The van der Waals surface area contributed by atoms with E-state index in [1.807, 2.05) is 30.3 Å². The van der Waals surface area contributed by atoms with E-state index in [-0.39, 0.29) is 5.75 Å². The van der Waals surface area contributed by atoms with E-state index < -0.39 is 6.61 Å². The van der Waals surface area contributed by atoms with Crippen molar-refractivity contribution < 1.29 is 13.5 Å². The van der Waals surface area contributed by atoms with Crippen molar-refractivity contribution in [2.45, 2.75) is 13.0 Å². The summed E-state index contributed by atoms with van der Waals surface area (Å²) in [6.07, 6.45) is 3.62. The largest absolute Gasteiger partial charge is 0.435 e. The third-order valence-electron chi connectivity index (χ3n) is 3.43. The first-order valence-electron chi connectivity index (χ1n) is 7.19. The molecule has 0 atom stereocenters. The average Bonchev–Trinajstić information content (AvgIpc) is 2.55. The number of ether oxygens (including phenoxy) is 1. The summed E-state index contributed by atoms with van der Waals surface area (Å²) in [5.74, 6) is 0.903. The topological polar surface area (TPSA) is 47.0 Å². The average molecular weight is 315 g/mol. The molecule has 0 radical (unpaired) electrons. The number of fused-ring (bicyclic) bond motifs is 1. The fourth-order valence-electron chi connectivity index (χ4n) is 2.39. The minimum atomic E-state index is -2.84. The molecule has 0 amide bonds. The molecule has 3 aromatic rings. The molecular weight excluding hydrogens is 300 g/mol. The molecule has 0 aliphatic carbocycles. The number of alkyl halides is 2. The Kier molecular flexibility index (Phi) is 4.61. The van der Waals surface area contributed by atoms with Gasteiger partial charge in [-0.05, 0) is 41.0 Å². The van der Waals surface area contributed by atoms with Gasteiger partial charge in [-0.25, -0.2) is 9.97 Å². The van der Waals surface area contributed by atoms with E-state index >= 15 is 0 Å². The van der Waals surface area contributed by atoms with E-state index in [9.17, 15) is 8.78 Å². The van der Waals surface area contributed by atoms with E-state index in [1.165, 1.54) is 6.33 Å². The van der Waals surface area contributed by atoms with Gasteiger partial charge in [0, 0.05) is 12.7 Å². The van der Waals surface area contributed by atoms with Gasteiger partial charge in [0.15, 0.2) is 0 Å². The highest BCUT2D eigenvalue weighted by atomic mass is 19.3. The molecule has 0 saturated heterocycles. The van der Waals surface area contributed by atoms with Gasteiger partial charge in [0.2, 0.25) is 0 Å². The first-order chi connectivity index (χ1) is 11.2. The standard InChI is InChI=1S/C17H15F2N3O/c18-17(19)23-15-10-13-4-2-1-3-12(13)9-14(15)5-8-21-16-6-7-20-11-22-16/h1-4,6-7,9-11,17H,5,8H2,(H,20,21,22). The first-order valence-corrected chi connectivity index (χ1v) is 7.19. The molecule has 0 bridgehead atoms. The number of hydrogen-bond donors (Lipinski definition) is 1. The molecule has 23 heavy (non-hydrogen) atoms. The van der Waals surface area contributed by atoms with E-state index in [4.69, 9.17) is 0 Å². The van der Waals surface area contributed by atoms with E-state index in [1.54, 1.807) is 18.3 Å². The molecule has 1 heterocycles. The maximum atomic E-state index is 12.6. The molecular formula is C17H15F2N3O. The van der Waals surface area contributed by atoms with Gasteiger partial charge >= 0.3 is 6.61 Å². The summed E-state index contributed by atoms with van der Waals surface area (Å²) in [4.78, 5) is 7.90. The monoisotopic (exact) mass is 315 g/mol. The van der Waals surface area contributed by atoms with Gasteiger partial charge in [0.05, 0.1) is 0 Å². The van der Waals surface area contributed by atoms with Gasteiger partial charge in [-0.2, -0.15) is 8.78 Å². The van der Waals surface area contributed by atoms with Crippen LogP contribution in [-0.2, 0) is 6.42 Å². The molecule has 4 nitrogen and oxygen atoms in total. The molecule has 0 spiro atoms. The Morgan fingerprint density at radius 1 is 1.09 bits per heavy atom. The molecule has 1 N–H and O–H groups in total. The lowest BCUT2D eigenvalue weighted by Gasteiger charge is -2.13. The SMILES string of the molecule is FC(F)Oc1cc2ccccc2cc1CCNc1ccncn1. The molecule has 6 heteroatoms. The normalized spacial score (nSPS) is 10.9. The molecule has 0 aliphatic heterocycles. The molecule has 118 valence electrons. The summed E-state index contributed by atoms with van der Waals surface area (Å²) in [6, 6.07) is 12.9. The summed E-state index contributed by atoms with van der Waals surface area (Å²) >= 11 is 0. The highest BCUT2D eigenvalue weighted by Crippen LogP contribution is 2.28. The summed E-state index contributed by atoms with van der Waals surface area (Å²) in [7, 11) is 0. The Morgan fingerprint density at radius 2 is 1.87 bits per heavy atom. The number of halogens is 2. The van der Waals surface area contributed by atoms with Crippen molar-refractivity contribution in [2.75, 3.05) is 11.9 Å². The van der Waals surface area contributed by atoms with Crippen LogP contribution in [0, 0.1) is 0 Å². The van der Waals surface area contributed by atoms with E-state index in [2.05, 4.69) is 20.0 Å². The van der Waals surface area contributed by atoms with Crippen LogP contribution in [0.25, 0.3) is 10.8 Å². The lowest BCUT2D eigenvalue weighted by atomic mass is 10.0. The van der Waals surface area contributed by atoms with E-state index in [0.717, 1.165) is 16.3 Å². The minimum Gasteiger partial charge on any atom is -0.435 e. The fraction of sp³-hybridized carbons (Fsp3) is 0.176. The minimum absolute atomic E-state index is 0.211. The van der Waals surface area contributed by atoms with Crippen LogP contribution in [0.5, 0.6) is 5.75 Å². The molecule has 0 aliphatic rings. The van der Waals surface area contributed by atoms with Crippen LogP contribution in [0.4, 0.5) is 14.6 Å². The van der Waals surface area contributed by atoms with Gasteiger partial charge in [0.1, 0.15) is 17.9 Å². The Labute approximate surface area is 132 Å². The van der Waals surface area contributed by atoms with Crippen LogP contribution in [0.1, 0.15) is 5.56 Å². The second kappa shape index (κ2) is 7.00. The molecule has 1 aromatic heterocycles. The maximum absolute atomic E-state index is 12.6. The van der Waals surface area contributed by atoms with Crippen molar-refractivity contribution in [3.8, 4) is 5.75 Å². The van der Waals surface area contributed by atoms with Crippen molar-refractivity contribution in [2.24, 2.45) is 0 Å². The van der Waals surface area contributed by atoms with E-state index in [0.29, 0.717) is 18.8 Å². The number of aromatic nitrogens is 2. The van der Waals surface area contributed by atoms with Crippen molar-refractivity contribution in [1.29, 1.82) is 0 Å². The summed E-state index contributed by atoms with van der Waals surface area (Å²) in [5, 5.41) is 4.99. The summed E-state index contributed by atoms with van der Waals surface area (Å²) < 4.78 is 29.9. The number of hydrogen-bond acceptors (Lipinski definition) is 4. The Bertz CT molecular complexity index is 781. The molecule has 0 fully saturated rings. The maximum Gasteiger partial charge on any atom is 0.387 e. The highest BCUT2D eigenvalue weighted by Gasteiger charge is 2.11. The van der Waals surface area contributed by atoms with Crippen molar-refractivity contribution in [3.05, 3.63) is 60.6 Å². The predicted octanol–water partition coefficient (Wildman–Crippen LogP) is 3.89. The van der Waals surface area contributed by atoms with Gasteiger partial charge in [-0.3, -0.25) is 0 Å². The van der Waals surface area contributed by atoms with Gasteiger partial charge in [-0.1, -0.05) is 24.3 Å². The van der Waals surface area contributed by atoms with Crippen LogP contribution in [0.3, 0.4) is 0 Å². The smallest absolute Gasteiger partial charge is 0.387 e. The highest BCUT2D eigenvalue weighted by molar-refractivity contribution is 5.85. The lowest BCUT2D eigenvalue weighted by molar-refractivity contribution is -0.0503. The number of benzene rings is 2. The third-order valence-corrected chi connectivity index (χ3v) is 3.43. The number of nitrogens with zero attached hydrogens (tertiary/aromatic N) is 2. The molecule has 0 saturated carbocycles. The van der Waals surface area contributed by atoms with Gasteiger partial charge in [-0.15, -0.1) is 0 Å². The second-order valence-corrected chi connectivity index (χ2v) is 4.96. The summed E-state index contributed by atoms with van der Waals surface area (Å²) in [6.45, 7) is -2.29. The third kappa shape index (κ3) is 3.91. The predicted molar refractivity (Wildman–Crippen MR) is 84.8 cm³/mol. The first kappa shape index (κ1) is 15.1. The quantitative estimate of drug-likeness (QED) is 0.750. The number of rotatable bonds is 6. The Balaban J connectivity index is 1.79. The van der Waals surface area contributed by atoms with Crippen molar-refractivity contribution in [1.82, 2.24) is 9.97 Å². The zero-order chi connectivity index (χ0) is 16.1. The Morgan fingerprint density at radius 3 is 2.57 bits per heavy atom. The number of nitrogens with one attached hydrogen (secondary N) is 1.